The molecule has 0 atom stereocenters. The van der Waals surface area contributed by atoms with Crippen molar-refractivity contribution in [3.8, 4) is 5.75 Å². The third-order valence-electron chi connectivity index (χ3n) is 1.82. The fourth-order valence-electron chi connectivity index (χ4n) is 1.24. The van der Waals surface area contributed by atoms with Gasteiger partial charge in [0.15, 0.2) is 0 Å². The van der Waals surface area contributed by atoms with Crippen LogP contribution in [-0.2, 0) is 0 Å². The molecule has 13 heavy (non-hydrogen) atoms. The zero-order valence-corrected chi connectivity index (χ0v) is 8.55. The van der Waals surface area contributed by atoms with Gasteiger partial charge in [-0.2, -0.15) is 0 Å². The van der Waals surface area contributed by atoms with Gasteiger partial charge < -0.3 is 4.74 Å². The monoisotopic (exact) mass is 186 g/mol. The van der Waals surface area contributed by atoms with Crippen LogP contribution >= 0.6 is 0 Å². The molecule has 0 unspecified atom stereocenters. The molecule has 0 aliphatic heterocycles. The number of benzene rings is 1. The van der Waals surface area contributed by atoms with E-state index < -0.39 is 0 Å². The van der Waals surface area contributed by atoms with Crippen LogP contribution in [0.1, 0.15) is 0 Å². The smallest absolute Gasteiger partial charge is 0.145 e. The second kappa shape index (κ2) is 4.27. The van der Waals surface area contributed by atoms with Gasteiger partial charge in [-0.05, 0) is 12.1 Å². The van der Waals surface area contributed by atoms with E-state index >= 15 is 0 Å². The molecule has 0 N–H and O–H groups in total. The fraction of sp³-hybridized carbons (Fsp3) is 0.100. The second-order valence-electron chi connectivity index (χ2n) is 2.54. The van der Waals surface area contributed by atoms with Gasteiger partial charge in [0, 0.05) is 28.9 Å². The number of ether oxygens (including phenoxy) is 1. The molecule has 0 amide bonds. The molecule has 0 saturated heterocycles. The first-order valence-electron chi connectivity index (χ1n) is 3.79. The highest BCUT2D eigenvalue weighted by Crippen LogP contribution is 2.21. The normalized spacial score (nSPS) is 9.31. The first kappa shape index (κ1) is 10.0. The first-order valence-corrected chi connectivity index (χ1v) is 3.79. The van der Waals surface area contributed by atoms with Crippen molar-refractivity contribution in [2.24, 2.45) is 0 Å². The lowest BCUT2D eigenvalue weighted by Gasteiger charge is -2.02. The maximum atomic E-state index is 5.16. The topological polar surface area (TPSA) is 22.1 Å². The highest BCUT2D eigenvalue weighted by molar-refractivity contribution is 5.84. The molecular weight excluding hydrogens is 177 g/mol. The summed E-state index contributed by atoms with van der Waals surface area (Å²) in [5.74, 6) is 0.827. The van der Waals surface area contributed by atoms with Crippen molar-refractivity contribution in [2.75, 3.05) is 7.11 Å². The molecule has 0 fully saturated rings. The summed E-state index contributed by atoms with van der Waals surface area (Å²) < 4.78 is 5.16. The van der Waals surface area contributed by atoms with E-state index in [4.69, 9.17) is 4.74 Å². The van der Waals surface area contributed by atoms with Crippen LogP contribution in [0.3, 0.4) is 0 Å². The molecule has 3 radical (unpaired) electrons. The van der Waals surface area contributed by atoms with E-state index in [1.165, 1.54) is 0 Å². The zero-order chi connectivity index (χ0) is 8.39. The minimum Gasteiger partial charge on any atom is -0.494 e. The van der Waals surface area contributed by atoms with Crippen molar-refractivity contribution in [3.05, 3.63) is 36.5 Å². The first-order chi connectivity index (χ1) is 5.92. The van der Waals surface area contributed by atoms with Crippen molar-refractivity contribution >= 4 is 28.3 Å². The molecule has 0 aliphatic rings. The van der Waals surface area contributed by atoms with Crippen LogP contribution in [-0.4, -0.2) is 29.5 Å². The maximum absolute atomic E-state index is 5.16. The van der Waals surface area contributed by atoms with E-state index in [0.717, 1.165) is 16.7 Å². The third kappa shape index (κ3) is 1.83. The van der Waals surface area contributed by atoms with E-state index in [1.54, 1.807) is 13.3 Å². The molecule has 0 bridgehead atoms. The second-order valence-corrected chi connectivity index (χ2v) is 2.54. The van der Waals surface area contributed by atoms with Crippen LogP contribution in [0.4, 0.5) is 0 Å². The number of hydrogen-bond acceptors (Lipinski definition) is 2. The molecule has 1 aromatic heterocycles. The van der Waals surface area contributed by atoms with Crippen molar-refractivity contribution in [1.29, 1.82) is 0 Å². The molecule has 0 aliphatic carbocycles. The van der Waals surface area contributed by atoms with Gasteiger partial charge in [-0.25, -0.2) is 0 Å². The fourth-order valence-corrected chi connectivity index (χ4v) is 1.24. The van der Waals surface area contributed by atoms with Crippen LogP contribution in [0.25, 0.3) is 10.9 Å². The number of aromatic nitrogens is 1. The molecule has 2 rings (SSSR count). The van der Waals surface area contributed by atoms with E-state index in [1.807, 2.05) is 30.3 Å². The number of pyridine rings is 1. The summed E-state index contributed by atoms with van der Waals surface area (Å²) in [5, 5.41) is 1.11. The van der Waals surface area contributed by atoms with Gasteiger partial charge >= 0.3 is 0 Å². The largest absolute Gasteiger partial charge is 0.494 e. The molecule has 1 heterocycles. The van der Waals surface area contributed by atoms with Crippen molar-refractivity contribution in [3.63, 3.8) is 0 Å². The number of hydrogen-bond donors (Lipinski definition) is 0. The Balaban J connectivity index is 0.000000845. The lowest BCUT2D eigenvalue weighted by atomic mass is 10.2. The van der Waals surface area contributed by atoms with Gasteiger partial charge in [-0.1, -0.05) is 18.2 Å². The average molecular weight is 186 g/mol. The molecule has 0 spiro atoms. The van der Waals surface area contributed by atoms with Gasteiger partial charge in [-0.3, -0.25) is 4.98 Å². The molecular formula is C10H9AlNO. The standard InChI is InChI=1S/C10H9NO.Al/c1-12-9-6-2-4-8-5-3-7-11-10(8)9;/h2-7H,1H3;. The zero-order valence-electron chi connectivity index (χ0n) is 7.40. The summed E-state index contributed by atoms with van der Waals surface area (Å²) >= 11 is 0. The Hall–Kier alpha value is -1.04. The van der Waals surface area contributed by atoms with Crippen LogP contribution in [0.15, 0.2) is 36.5 Å². The quantitative estimate of drug-likeness (QED) is 0.634. The molecule has 1 aromatic carbocycles. The van der Waals surface area contributed by atoms with Crippen molar-refractivity contribution in [1.82, 2.24) is 4.98 Å². The molecule has 2 aromatic rings. The Morgan fingerprint density at radius 1 is 1.15 bits per heavy atom. The predicted molar refractivity (Wildman–Crippen MR) is 54.0 cm³/mol. The summed E-state index contributed by atoms with van der Waals surface area (Å²) in [5.41, 5.74) is 0.919. The minimum atomic E-state index is 0. The highest BCUT2D eigenvalue weighted by atomic mass is 27.0. The van der Waals surface area contributed by atoms with Crippen LogP contribution < -0.4 is 4.74 Å². The summed E-state index contributed by atoms with van der Waals surface area (Å²) in [7, 11) is 1.66. The highest BCUT2D eigenvalue weighted by Gasteiger charge is 1.98. The van der Waals surface area contributed by atoms with E-state index in [-0.39, 0.29) is 17.4 Å². The molecule has 3 heteroatoms. The summed E-state index contributed by atoms with van der Waals surface area (Å²) in [6, 6.07) is 9.83. The van der Waals surface area contributed by atoms with Gasteiger partial charge in [0.05, 0.1) is 7.11 Å². The van der Waals surface area contributed by atoms with E-state index in [2.05, 4.69) is 4.98 Å². The van der Waals surface area contributed by atoms with Gasteiger partial charge in [0.2, 0.25) is 0 Å². The summed E-state index contributed by atoms with van der Waals surface area (Å²) in [4.78, 5) is 4.23. The Morgan fingerprint density at radius 2 is 1.92 bits per heavy atom. The van der Waals surface area contributed by atoms with E-state index in [9.17, 15) is 0 Å². The molecule has 2 nitrogen and oxygen atoms in total. The Morgan fingerprint density at radius 3 is 2.69 bits per heavy atom. The Bertz CT molecular complexity index is 398. The van der Waals surface area contributed by atoms with E-state index in [0.29, 0.717) is 0 Å². The summed E-state index contributed by atoms with van der Waals surface area (Å²) in [6.45, 7) is 0. The number of methoxy groups -OCH3 is 1. The van der Waals surface area contributed by atoms with Crippen molar-refractivity contribution in [2.45, 2.75) is 0 Å². The minimum absolute atomic E-state index is 0. The van der Waals surface area contributed by atoms with Crippen LogP contribution in [0, 0.1) is 0 Å². The number of nitrogens with zero attached hydrogens (tertiary/aromatic N) is 1. The number of rotatable bonds is 1. The molecule has 63 valence electrons. The lowest BCUT2D eigenvalue weighted by molar-refractivity contribution is 0.419. The maximum Gasteiger partial charge on any atom is 0.145 e. The number of para-hydroxylation sites is 1. The van der Waals surface area contributed by atoms with Crippen LogP contribution in [0.5, 0.6) is 5.75 Å². The third-order valence-corrected chi connectivity index (χ3v) is 1.82. The molecule has 0 saturated carbocycles. The Kier molecular flexibility index (Phi) is 3.30. The SMILES string of the molecule is COc1cccc2cccnc12.[Al]. The van der Waals surface area contributed by atoms with Crippen LogP contribution in [0.2, 0.25) is 0 Å². The lowest BCUT2D eigenvalue weighted by Crippen LogP contribution is -1.85. The predicted octanol–water partition coefficient (Wildman–Crippen LogP) is 1.86. The average Bonchev–Trinajstić information content (AvgIpc) is 2.17. The van der Waals surface area contributed by atoms with Gasteiger partial charge in [0.25, 0.3) is 0 Å². The Labute approximate surface area is 87.7 Å². The number of fused-ring (bicyclic) bond motifs is 1. The van der Waals surface area contributed by atoms with Gasteiger partial charge in [0.1, 0.15) is 11.3 Å². The summed E-state index contributed by atoms with van der Waals surface area (Å²) in [6.07, 6.45) is 1.77. The van der Waals surface area contributed by atoms with Crippen molar-refractivity contribution < 1.29 is 4.74 Å². The van der Waals surface area contributed by atoms with Gasteiger partial charge in [-0.15, -0.1) is 0 Å².